The van der Waals surface area contributed by atoms with Crippen LogP contribution in [-0.4, -0.2) is 39.6 Å². The van der Waals surface area contributed by atoms with Gasteiger partial charge in [-0.25, -0.2) is 4.98 Å². The van der Waals surface area contributed by atoms with Crippen LogP contribution >= 0.6 is 0 Å². The van der Waals surface area contributed by atoms with Crippen LogP contribution in [0.1, 0.15) is 58.7 Å². The van der Waals surface area contributed by atoms with Gasteiger partial charge in [0.25, 0.3) is 0 Å². The third-order valence-corrected chi connectivity index (χ3v) is 3.99. The molecule has 1 aromatic heterocycles. The predicted octanol–water partition coefficient (Wildman–Crippen LogP) is 2.82. The maximum absolute atomic E-state index is 4.34. The number of piperidine rings is 1. The highest BCUT2D eigenvalue weighted by molar-refractivity contribution is 5.01. The number of imidazole rings is 1. The van der Waals surface area contributed by atoms with Gasteiger partial charge in [0.15, 0.2) is 0 Å². The van der Waals surface area contributed by atoms with Gasteiger partial charge >= 0.3 is 0 Å². The zero-order valence-electron chi connectivity index (χ0n) is 13.5. The third-order valence-electron chi connectivity index (χ3n) is 3.99. The van der Waals surface area contributed by atoms with Crippen LogP contribution in [0.15, 0.2) is 12.5 Å². The molecule has 0 aliphatic carbocycles. The summed E-state index contributed by atoms with van der Waals surface area (Å²) < 4.78 is 2.33. The van der Waals surface area contributed by atoms with E-state index in [9.17, 15) is 0 Å². The van der Waals surface area contributed by atoms with E-state index in [0.717, 1.165) is 13.1 Å². The first kappa shape index (κ1) is 15.5. The molecule has 0 spiro atoms. The highest BCUT2D eigenvalue weighted by atomic mass is 15.2. The molecule has 2 heterocycles. The van der Waals surface area contributed by atoms with Crippen molar-refractivity contribution in [1.29, 1.82) is 0 Å². The zero-order valence-corrected chi connectivity index (χ0v) is 13.5. The average Bonchev–Trinajstić information content (AvgIpc) is 2.85. The maximum Gasteiger partial charge on any atom is 0.0951 e. The van der Waals surface area contributed by atoms with Crippen LogP contribution in [0.4, 0.5) is 0 Å². The van der Waals surface area contributed by atoms with Gasteiger partial charge in [0.2, 0.25) is 0 Å². The van der Waals surface area contributed by atoms with E-state index in [0.29, 0.717) is 6.04 Å². The third kappa shape index (κ3) is 4.60. The molecule has 114 valence electrons. The normalized spacial score (nSPS) is 19.2. The Balaban J connectivity index is 1.92. The Bertz CT molecular complexity index is 399. The highest BCUT2D eigenvalue weighted by Crippen LogP contribution is 2.16. The Morgan fingerprint density at radius 3 is 2.60 bits per heavy atom. The van der Waals surface area contributed by atoms with Gasteiger partial charge < -0.3 is 14.8 Å². The lowest BCUT2D eigenvalue weighted by Crippen LogP contribution is -2.37. The van der Waals surface area contributed by atoms with Crippen LogP contribution < -0.4 is 5.32 Å². The minimum Gasteiger partial charge on any atom is -0.329 e. The molecule has 1 unspecified atom stereocenters. The van der Waals surface area contributed by atoms with Gasteiger partial charge in [0.05, 0.1) is 12.0 Å². The first-order valence-corrected chi connectivity index (χ1v) is 7.94. The molecule has 0 saturated carbocycles. The first-order valence-electron chi connectivity index (χ1n) is 7.94. The topological polar surface area (TPSA) is 33.1 Å². The quantitative estimate of drug-likeness (QED) is 0.899. The Morgan fingerprint density at radius 2 is 1.95 bits per heavy atom. The summed E-state index contributed by atoms with van der Waals surface area (Å²) in [5.41, 5.74) is 1.43. The van der Waals surface area contributed by atoms with Gasteiger partial charge in [-0.15, -0.1) is 0 Å². The number of nitrogens with zero attached hydrogens (tertiary/aromatic N) is 3. The van der Waals surface area contributed by atoms with Gasteiger partial charge in [-0.05, 0) is 53.6 Å². The summed E-state index contributed by atoms with van der Waals surface area (Å²) in [5.74, 6) is 0. The van der Waals surface area contributed by atoms with Crippen LogP contribution in [0, 0.1) is 0 Å². The molecule has 1 aliphatic heterocycles. The molecule has 1 atom stereocenters. The largest absolute Gasteiger partial charge is 0.329 e. The van der Waals surface area contributed by atoms with E-state index in [1.165, 1.54) is 38.0 Å². The van der Waals surface area contributed by atoms with Crippen LogP contribution in [0.2, 0.25) is 0 Å². The molecule has 2 rings (SSSR count). The Kier molecular flexibility index (Phi) is 5.22. The smallest absolute Gasteiger partial charge is 0.0951 e. The fraction of sp³-hybridized carbons (Fsp3) is 0.812. The Hall–Kier alpha value is -0.870. The first-order chi connectivity index (χ1) is 9.46. The molecule has 0 amide bonds. The maximum atomic E-state index is 4.34. The van der Waals surface area contributed by atoms with Crippen LogP contribution in [-0.2, 0) is 6.54 Å². The minimum atomic E-state index is 0.144. The minimum absolute atomic E-state index is 0.144. The summed E-state index contributed by atoms with van der Waals surface area (Å²) in [6.45, 7) is 13.4. The van der Waals surface area contributed by atoms with Crippen molar-refractivity contribution in [1.82, 2.24) is 19.8 Å². The lowest BCUT2D eigenvalue weighted by atomic mass is 10.1. The molecule has 0 radical (unpaired) electrons. The van der Waals surface area contributed by atoms with E-state index in [-0.39, 0.29) is 5.54 Å². The molecule has 0 bridgehead atoms. The second-order valence-corrected chi connectivity index (χ2v) is 7.11. The van der Waals surface area contributed by atoms with Crippen molar-refractivity contribution in [3.8, 4) is 0 Å². The SMILES string of the molecule is CC(CN1CCCCC1)n1cncc1CNC(C)(C)C. The summed E-state index contributed by atoms with van der Waals surface area (Å²) in [7, 11) is 0. The molecule has 1 fully saturated rings. The van der Waals surface area contributed by atoms with Crippen molar-refractivity contribution in [2.75, 3.05) is 19.6 Å². The molecular weight excluding hydrogens is 248 g/mol. The lowest BCUT2D eigenvalue weighted by molar-refractivity contribution is 0.200. The number of rotatable bonds is 5. The van der Waals surface area contributed by atoms with E-state index in [2.05, 4.69) is 47.5 Å². The number of nitrogens with one attached hydrogen (secondary N) is 1. The van der Waals surface area contributed by atoms with E-state index in [1.807, 2.05) is 12.5 Å². The van der Waals surface area contributed by atoms with Crippen molar-refractivity contribution in [2.45, 2.75) is 65.1 Å². The summed E-state index contributed by atoms with van der Waals surface area (Å²) in [5, 5.41) is 3.55. The summed E-state index contributed by atoms with van der Waals surface area (Å²) in [6, 6.07) is 0.493. The molecule has 4 heteroatoms. The Labute approximate surface area is 123 Å². The van der Waals surface area contributed by atoms with E-state index in [4.69, 9.17) is 0 Å². The number of hydrogen-bond donors (Lipinski definition) is 1. The van der Waals surface area contributed by atoms with E-state index >= 15 is 0 Å². The zero-order chi connectivity index (χ0) is 14.6. The molecule has 0 aromatic carbocycles. The van der Waals surface area contributed by atoms with Gasteiger partial charge in [-0.1, -0.05) is 6.42 Å². The molecule has 1 aliphatic rings. The van der Waals surface area contributed by atoms with Crippen LogP contribution in [0.25, 0.3) is 0 Å². The van der Waals surface area contributed by atoms with Crippen molar-refractivity contribution < 1.29 is 0 Å². The lowest BCUT2D eigenvalue weighted by Gasteiger charge is -2.30. The second kappa shape index (κ2) is 6.72. The standard InChI is InChI=1S/C16H30N4/c1-14(12-19-8-6-5-7-9-19)20-13-17-10-15(20)11-18-16(2,3)4/h10,13-14,18H,5-9,11-12H2,1-4H3. The molecule has 1 N–H and O–H groups in total. The fourth-order valence-corrected chi connectivity index (χ4v) is 2.83. The van der Waals surface area contributed by atoms with Crippen LogP contribution in [0.5, 0.6) is 0 Å². The number of hydrogen-bond acceptors (Lipinski definition) is 3. The number of likely N-dealkylation sites (tertiary alicyclic amines) is 1. The van der Waals surface area contributed by atoms with Crippen molar-refractivity contribution in [3.63, 3.8) is 0 Å². The van der Waals surface area contributed by atoms with Crippen LogP contribution in [0.3, 0.4) is 0 Å². The van der Waals surface area contributed by atoms with Gasteiger partial charge in [0.1, 0.15) is 0 Å². The second-order valence-electron chi connectivity index (χ2n) is 7.11. The van der Waals surface area contributed by atoms with Crippen molar-refractivity contribution in [2.24, 2.45) is 0 Å². The van der Waals surface area contributed by atoms with Gasteiger partial charge in [-0.2, -0.15) is 0 Å². The van der Waals surface area contributed by atoms with Gasteiger partial charge in [0, 0.05) is 30.9 Å². The van der Waals surface area contributed by atoms with Crippen molar-refractivity contribution in [3.05, 3.63) is 18.2 Å². The number of aromatic nitrogens is 2. The summed E-state index contributed by atoms with van der Waals surface area (Å²) >= 11 is 0. The molecular formula is C16H30N4. The predicted molar refractivity (Wildman–Crippen MR) is 83.8 cm³/mol. The Morgan fingerprint density at radius 1 is 1.25 bits per heavy atom. The molecule has 1 saturated heterocycles. The van der Waals surface area contributed by atoms with Crippen molar-refractivity contribution >= 4 is 0 Å². The monoisotopic (exact) mass is 278 g/mol. The highest BCUT2D eigenvalue weighted by Gasteiger charge is 2.17. The average molecular weight is 278 g/mol. The fourth-order valence-electron chi connectivity index (χ4n) is 2.83. The molecule has 20 heavy (non-hydrogen) atoms. The summed E-state index contributed by atoms with van der Waals surface area (Å²) in [6.07, 6.45) is 8.08. The summed E-state index contributed by atoms with van der Waals surface area (Å²) in [4.78, 5) is 6.93. The molecule has 4 nitrogen and oxygen atoms in total. The van der Waals surface area contributed by atoms with Gasteiger partial charge in [-0.3, -0.25) is 0 Å². The van der Waals surface area contributed by atoms with E-state index < -0.39 is 0 Å². The van der Waals surface area contributed by atoms with E-state index in [1.54, 1.807) is 0 Å². The molecule has 1 aromatic rings.